The first-order valence-electron chi connectivity index (χ1n) is 13.5. The minimum Gasteiger partial charge on any atom is -0.479 e. The standard InChI is InChI=1S/C33H38N2O3/c1-33(2,3)31(32(36)37)38-24-16-5-4-15-23-35-30(27-21-13-8-14-22-27)28(25-17-9-6-10-18-25)29(34-35)26-19-11-7-12-20-26/h6-14,17-22,31H,4-5,15-16,23-24H2,1-3H3,(H,36,37). The fraction of sp³-hybridized carbons (Fsp3) is 0.333. The van der Waals surface area contributed by atoms with Gasteiger partial charge in [-0.25, -0.2) is 4.79 Å². The molecule has 1 unspecified atom stereocenters. The summed E-state index contributed by atoms with van der Waals surface area (Å²) in [5.41, 5.74) is 6.26. The highest BCUT2D eigenvalue weighted by Gasteiger charge is 2.31. The van der Waals surface area contributed by atoms with Crippen molar-refractivity contribution >= 4 is 5.97 Å². The first-order valence-corrected chi connectivity index (χ1v) is 13.5. The molecule has 3 aromatic carbocycles. The van der Waals surface area contributed by atoms with Gasteiger partial charge in [-0.3, -0.25) is 4.68 Å². The van der Waals surface area contributed by atoms with Crippen LogP contribution in [0.5, 0.6) is 0 Å². The predicted molar refractivity (Wildman–Crippen MR) is 154 cm³/mol. The Morgan fingerprint density at radius 2 is 1.32 bits per heavy atom. The highest BCUT2D eigenvalue weighted by atomic mass is 16.5. The lowest BCUT2D eigenvalue weighted by atomic mass is 9.89. The molecule has 1 heterocycles. The van der Waals surface area contributed by atoms with Crippen molar-refractivity contribution in [3.63, 3.8) is 0 Å². The molecule has 0 saturated heterocycles. The van der Waals surface area contributed by atoms with Crippen molar-refractivity contribution in [1.29, 1.82) is 0 Å². The van der Waals surface area contributed by atoms with Crippen LogP contribution in [0.2, 0.25) is 0 Å². The molecular formula is C33H38N2O3. The van der Waals surface area contributed by atoms with E-state index in [9.17, 15) is 9.90 Å². The SMILES string of the molecule is CC(C)(C)C(OCCCCCCn1nc(-c2ccccc2)c(-c2ccccc2)c1-c1ccccc1)C(=O)O. The highest BCUT2D eigenvalue weighted by Crippen LogP contribution is 2.40. The van der Waals surface area contributed by atoms with Crippen molar-refractivity contribution < 1.29 is 14.6 Å². The van der Waals surface area contributed by atoms with Crippen LogP contribution in [0.15, 0.2) is 91.0 Å². The van der Waals surface area contributed by atoms with Gasteiger partial charge in [0.05, 0.1) is 5.69 Å². The molecule has 1 atom stereocenters. The monoisotopic (exact) mass is 510 g/mol. The lowest BCUT2D eigenvalue weighted by Crippen LogP contribution is -2.37. The Labute approximate surface area is 226 Å². The van der Waals surface area contributed by atoms with E-state index in [1.54, 1.807) is 0 Å². The molecule has 4 rings (SSSR count). The van der Waals surface area contributed by atoms with E-state index in [2.05, 4.69) is 77.5 Å². The van der Waals surface area contributed by atoms with Gasteiger partial charge in [0.2, 0.25) is 0 Å². The van der Waals surface area contributed by atoms with Crippen LogP contribution in [-0.2, 0) is 16.1 Å². The quantitative estimate of drug-likeness (QED) is 0.196. The second-order valence-electron chi connectivity index (χ2n) is 10.8. The maximum atomic E-state index is 11.5. The topological polar surface area (TPSA) is 64.4 Å². The minimum absolute atomic E-state index is 0.424. The van der Waals surface area contributed by atoms with Gasteiger partial charge in [-0.1, -0.05) is 125 Å². The number of hydrogen-bond donors (Lipinski definition) is 1. The summed E-state index contributed by atoms with van der Waals surface area (Å²) < 4.78 is 7.87. The number of benzene rings is 3. The fourth-order valence-electron chi connectivity index (χ4n) is 4.80. The van der Waals surface area contributed by atoms with E-state index in [4.69, 9.17) is 9.84 Å². The Kier molecular flexibility index (Phi) is 9.14. The normalized spacial score (nSPS) is 12.4. The van der Waals surface area contributed by atoms with Crippen molar-refractivity contribution in [1.82, 2.24) is 9.78 Å². The van der Waals surface area contributed by atoms with Crippen LogP contribution < -0.4 is 0 Å². The average molecular weight is 511 g/mol. The molecule has 0 amide bonds. The molecule has 0 bridgehead atoms. The van der Waals surface area contributed by atoms with Gasteiger partial charge in [0.25, 0.3) is 0 Å². The molecular weight excluding hydrogens is 472 g/mol. The zero-order valence-electron chi connectivity index (χ0n) is 22.6. The first-order chi connectivity index (χ1) is 18.4. The molecule has 0 aliphatic carbocycles. The van der Waals surface area contributed by atoms with E-state index in [0.29, 0.717) is 6.61 Å². The number of carboxylic acids is 1. The third-order valence-corrected chi connectivity index (χ3v) is 6.67. The predicted octanol–water partition coefficient (Wildman–Crippen LogP) is 7.96. The summed E-state index contributed by atoms with van der Waals surface area (Å²) in [6.07, 6.45) is 3.04. The molecule has 5 nitrogen and oxygen atoms in total. The van der Waals surface area contributed by atoms with Crippen molar-refractivity contribution in [2.24, 2.45) is 5.41 Å². The van der Waals surface area contributed by atoms with Gasteiger partial charge in [0.1, 0.15) is 5.69 Å². The summed E-state index contributed by atoms with van der Waals surface area (Å²) in [6, 6.07) is 31.4. The second kappa shape index (κ2) is 12.7. The Balaban J connectivity index is 1.52. The van der Waals surface area contributed by atoms with Gasteiger partial charge in [0.15, 0.2) is 6.10 Å². The largest absolute Gasteiger partial charge is 0.479 e. The number of ether oxygens (including phenoxy) is 1. The van der Waals surface area contributed by atoms with Gasteiger partial charge >= 0.3 is 5.97 Å². The molecule has 0 fully saturated rings. The Hall–Kier alpha value is -3.70. The third-order valence-electron chi connectivity index (χ3n) is 6.67. The summed E-state index contributed by atoms with van der Waals surface area (Å²) >= 11 is 0. The van der Waals surface area contributed by atoms with Crippen LogP contribution >= 0.6 is 0 Å². The maximum absolute atomic E-state index is 11.5. The number of nitrogens with zero attached hydrogens (tertiary/aromatic N) is 2. The number of carbonyl (C=O) groups is 1. The average Bonchev–Trinajstić information content (AvgIpc) is 3.30. The molecule has 4 aromatic rings. The smallest absolute Gasteiger partial charge is 0.333 e. The zero-order valence-corrected chi connectivity index (χ0v) is 22.6. The number of hydrogen-bond acceptors (Lipinski definition) is 3. The lowest BCUT2D eigenvalue weighted by molar-refractivity contribution is -0.158. The van der Waals surface area contributed by atoms with Crippen LogP contribution in [0, 0.1) is 5.41 Å². The summed E-state index contributed by atoms with van der Waals surface area (Å²) in [7, 11) is 0. The molecule has 0 aliphatic rings. The fourth-order valence-corrected chi connectivity index (χ4v) is 4.80. The number of rotatable bonds is 12. The molecule has 0 spiro atoms. The van der Waals surface area contributed by atoms with Crippen molar-refractivity contribution in [2.45, 2.75) is 59.1 Å². The second-order valence-corrected chi connectivity index (χ2v) is 10.8. The number of carboxylic acid groups (broad SMARTS) is 1. The molecule has 5 heteroatoms. The van der Waals surface area contributed by atoms with Crippen molar-refractivity contribution in [3.05, 3.63) is 91.0 Å². The van der Waals surface area contributed by atoms with Gasteiger partial charge in [-0.15, -0.1) is 0 Å². The van der Waals surface area contributed by atoms with Crippen LogP contribution in [0.4, 0.5) is 0 Å². The highest BCUT2D eigenvalue weighted by molar-refractivity contribution is 5.91. The maximum Gasteiger partial charge on any atom is 0.333 e. The summed E-state index contributed by atoms with van der Waals surface area (Å²) in [4.78, 5) is 11.5. The van der Waals surface area contributed by atoms with Crippen LogP contribution in [0.1, 0.15) is 46.5 Å². The Morgan fingerprint density at radius 1 is 0.789 bits per heavy atom. The van der Waals surface area contributed by atoms with Gasteiger partial charge in [-0.05, 0) is 23.8 Å². The van der Waals surface area contributed by atoms with Gasteiger partial charge in [-0.2, -0.15) is 5.10 Å². The first kappa shape index (κ1) is 27.3. The zero-order chi connectivity index (χ0) is 27.0. The Morgan fingerprint density at radius 3 is 1.87 bits per heavy atom. The molecule has 0 saturated carbocycles. The molecule has 0 radical (unpaired) electrons. The van der Waals surface area contributed by atoms with Crippen molar-refractivity contribution in [3.8, 4) is 33.6 Å². The summed E-state index contributed by atoms with van der Waals surface area (Å²) in [5, 5.41) is 14.6. The van der Waals surface area contributed by atoms with E-state index in [0.717, 1.165) is 65.9 Å². The third kappa shape index (κ3) is 6.78. The summed E-state index contributed by atoms with van der Waals surface area (Å²) in [6.45, 7) is 6.95. The molecule has 1 aromatic heterocycles. The molecule has 198 valence electrons. The summed E-state index contributed by atoms with van der Waals surface area (Å²) in [5.74, 6) is -0.895. The van der Waals surface area contributed by atoms with E-state index in [-0.39, 0.29) is 0 Å². The van der Waals surface area contributed by atoms with E-state index >= 15 is 0 Å². The van der Waals surface area contributed by atoms with Crippen molar-refractivity contribution in [2.75, 3.05) is 6.61 Å². The number of aryl methyl sites for hydroxylation is 1. The molecule has 38 heavy (non-hydrogen) atoms. The number of aromatic nitrogens is 2. The molecule has 1 N–H and O–H groups in total. The van der Waals surface area contributed by atoms with E-state index in [1.165, 1.54) is 0 Å². The number of aliphatic carboxylic acids is 1. The van der Waals surface area contributed by atoms with E-state index < -0.39 is 17.5 Å². The molecule has 0 aliphatic heterocycles. The van der Waals surface area contributed by atoms with Crippen LogP contribution in [0.3, 0.4) is 0 Å². The lowest BCUT2D eigenvalue weighted by Gasteiger charge is -2.26. The number of unbranched alkanes of at least 4 members (excludes halogenated alkanes) is 3. The van der Waals surface area contributed by atoms with E-state index in [1.807, 2.05) is 39.0 Å². The van der Waals surface area contributed by atoms with Crippen LogP contribution in [0.25, 0.3) is 33.6 Å². The van der Waals surface area contributed by atoms with Gasteiger partial charge < -0.3 is 9.84 Å². The van der Waals surface area contributed by atoms with Gasteiger partial charge in [0, 0.05) is 29.8 Å². The van der Waals surface area contributed by atoms with Crippen LogP contribution in [-0.4, -0.2) is 33.6 Å². The minimum atomic E-state index is -0.895. The Bertz CT molecular complexity index is 1290.